The number of carbonyl (C=O) groups excluding carboxylic acids is 1. The Morgan fingerprint density at radius 2 is 2.05 bits per heavy atom. The van der Waals surface area contributed by atoms with Gasteiger partial charge in [-0.1, -0.05) is 24.4 Å². The average molecular weight is 296 g/mol. The second-order valence-corrected chi connectivity index (χ2v) is 6.09. The Bertz CT molecular complexity index is 476. The molecule has 4 heteroatoms. The number of hydrogen-bond acceptors (Lipinski definition) is 2. The van der Waals surface area contributed by atoms with Crippen molar-refractivity contribution >= 4 is 17.5 Å². The van der Waals surface area contributed by atoms with Crippen molar-refractivity contribution in [2.75, 3.05) is 13.2 Å². The minimum atomic E-state index is -0.0542. The molecule has 1 amide bonds. The lowest BCUT2D eigenvalue weighted by Gasteiger charge is -2.30. The molecule has 2 unspecified atom stereocenters. The van der Waals surface area contributed by atoms with Crippen molar-refractivity contribution in [1.82, 2.24) is 5.32 Å². The van der Waals surface area contributed by atoms with Crippen molar-refractivity contribution in [2.45, 2.75) is 32.6 Å². The van der Waals surface area contributed by atoms with Gasteiger partial charge >= 0.3 is 0 Å². The first-order valence-electron chi connectivity index (χ1n) is 7.27. The van der Waals surface area contributed by atoms with Gasteiger partial charge in [-0.15, -0.1) is 0 Å². The van der Waals surface area contributed by atoms with E-state index in [9.17, 15) is 9.90 Å². The van der Waals surface area contributed by atoms with Crippen molar-refractivity contribution in [3.8, 4) is 0 Å². The van der Waals surface area contributed by atoms with E-state index in [0.29, 0.717) is 29.0 Å². The molecule has 20 heavy (non-hydrogen) atoms. The van der Waals surface area contributed by atoms with Crippen LogP contribution < -0.4 is 5.32 Å². The van der Waals surface area contributed by atoms with Crippen LogP contribution in [0.2, 0.25) is 5.02 Å². The van der Waals surface area contributed by atoms with E-state index in [0.717, 1.165) is 18.4 Å². The lowest BCUT2D eigenvalue weighted by molar-refractivity contribution is 0.0908. The summed E-state index contributed by atoms with van der Waals surface area (Å²) in [5.41, 5.74) is 1.56. The SMILES string of the molecule is Cc1cc(Cl)ccc1C(=O)NCC1CCCCC1CO. The van der Waals surface area contributed by atoms with Crippen molar-refractivity contribution in [1.29, 1.82) is 0 Å². The van der Waals surface area contributed by atoms with Gasteiger partial charge in [-0.3, -0.25) is 4.79 Å². The molecule has 0 radical (unpaired) electrons. The molecule has 1 aromatic carbocycles. The minimum Gasteiger partial charge on any atom is -0.396 e. The fourth-order valence-electron chi connectivity index (χ4n) is 2.99. The third-order valence-electron chi connectivity index (χ3n) is 4.26. The zero-order valence-electron chi connectivity index (χ0n) is 11.9. The number of halogens is 1. The van der Waals surface area contributed by atoms with Gasteiger partial charge in [-0.25, -0.2) is 0 Å². The topological polar surface area (TPSA) is 49.3 Å². The van der Waals surface area contributed by atoms with Crippen LogP contribution in [0.25, 0.3) is 0 Å². The molecule has 1 aliphatic carbocycles. The van der Waals surface area contributed by atoms with Crippen LogP contribution in [0.1, 0.15) is 41.6 Å². The summed E-state index contributed by atoms with van der Waals surface area (Å²) >= 11 is 5.90. The molecule has 1 fully saturated rings. The number of aryl methyl sites for hydroxylation is 1. The molecule has 110 valence electrons. The molecule has 2 N–H and O–H groups in total. The molecular formula is C16H22ClNO2. The Morgan fingerprint density at radius 3 is 2.70 bits per heavy atom. The second kappa shape index (κ2) is 7.09. The quantitative estimate of drug-likeness (QED) is 0.896. The molecule has 3 nitrogen and oxygen atoms in total. The van der Waals surface area contributed by atoms with Crippen molar-refractivity contribution < 1.29 is 9.90 Å². The molecule has 0 aromatic heterocycles. The molecule has 1 saturated carbocycles. The van der Waals surface area contributed by atoms with E-state index in [-0.39, 0.29) is 12.5 Å². The van der Waals surface area contributed by atoms with Crippen LogP contribution in [0, 0.1) is 18.8 Å². The summed E-state index contributed by atoms with van der Waals surface area (Å²) in [6.07, 6.45) is 4.53. The van der Waals surface area contributed by atoms with Gasteiger partial charge in [0, 0.05) is 23.7 Å². The molecule has 0 spiro atoms. The number of hydrogen-bond donors (Lipinski definition) is 2. The Kier molecular flexibility index (Phi) is 5.44. The number of carbonyl (C=O) groups is 1. The molecule has 0 aliphatic heterocycles. The minimum absolute atomic E-state index is 0.0542. The molecule has 2 atom stereocenters. The van der Waals surface area contributed by atoms with Gasteiger partial charge in [0.05, 0.1) is 0 Å². The second-order valence-electron chi connectivity index (χ2n) is 5.66. The van der Waals surface area contributed by atoms with E-state index in [1.807, 2.05) is 6.92 Å². The standard InChI is InChI=1S/C16H22ClNO2/c1-11-8-14(17)6-7-15(11)16(20)18-9-12-4-2-3-5-13(12)10-19/h6-8,12-13,19H,2-5,9-10H2,1H3,(H,18,20). The number of nitrogens with one attached hydrogen (secondary N) is 1. The lowest BCUT2D eigenvalue weighted by Crippen LogP contribution is -2.35. The first-order valence-corrected chi connectivity index (χ1v) is 7.65. The first-order chi connectivity index (χ1) is 9.61. The predicted octanol–water partition coefficient (Wildman–Crippen LogP) is 3.18. The first kappa shape index (κ1) is 15.3. The fourth-order valence-corrected chi connectivity index (χ4v) is 3.22. The van der Waals surface area contributed by atoms with E-state index >= 15 is 0 Å². The maximum absolute atomic E-state index is 12.2. The van der Waals surface area contributed by atoms with Crippen molar-refractivity contribution in [3.05, 3.63) is 34.3 Å². The highest BCUT2D eigenvalue weighted by molar-refractivity contribution is 6.30. The van der Waals surface area contributed by atoms with Gasteiger partial charge in [-0.05, 0) is 55.4 Å². The van der Waals surface area contributed by atoms with Gasteiger partial charge in [-0.2, -0.15) is 0 Å². The summed E-state index contributed by atoms with van der Waals surface area (Å²) in [6.45, 7) is 2.75. The fraction of sp³-hybridized carbons (Fsp3) is 0.562. The average Bonchev–Trinajstić information content (AvgIpc) is 2.45. The summed E-state index contributed by atoms with van der Waals surface area (Å²) < 4.78 is 0. The summed E-state index contributed by atoms with van der Waals surface area (Å²) in [5, 5.41) is 13.0. The maximum atomic E-state index is 12.2. The molecule has 1 aromatic rings. The number of benzene rings is 1. The molecule has 1 aliphatic rings. The smallest absolute Gasteiger partial charge is 0.251 e. The zero-order valence-corrected chi connectivity index (χ0v) is 12.6. The monoisotopic (exact) mass is 295 g/mol. The van der Waals surface area contributed by atoms with Gasteiger partial charge in [0.25, 0.3) is 5.91 Å². The Balaban J connectivity index is 1.94. The van der Waals surface area contributed by atoms with Crippen LogP contribution in [0.5, 0.6) is 0 Å². The maximum Gasteiger partial charge on any atom is 0.251 e. The van der Waals surface area contributed by atoms with Gasteiger partial charge in [0.2, 0.25) is 0 Å². The van der Waals surface area contributed by atoms with Crippen molar-refractivity contribution in [3.63, 3.8) is 0 Å². The summed E-state index contributed by atoms with van der Waals surface area (Å²) in [6, 6.07) is 5.30. The number of amides is 1. The molecule has 2 rings (SSSR count). The Morgan fingerprint density at radius 1 is 1.35 bits per heavy atom. The van der Waals surface area contributed by atoms with E-state index in [1.165, 1.54) is 12.8 Å². The number of aliphatic hydroxyl groups excluding tert-OH is 1. The molecule has 0 bridgehead atoms. The molecular weight excluding hydrogens is 274 g/mol. The van der Waals surface area contributed by atoms with Crippen molar-refractivity contribution in [2.24, 2.45) is 11.8 Å². The predicted molar refractivity (Wildman–Crippen MR) is 81.1 cm³/mol. The third kappa shape index (κ3) is 3.74. The summed E-state index contributed by atoms with van der Waals surface area (Å²) in [5.74, 6) is 0.669. The zero-order chi connectivity index (χ0) is 14.5. The summed E-state index contributed by atoms with van der Waals surface area (Å²) in [4.78, 5) is 12.2. The van der Waals surface area contributed by atoms with Gasteiger partial charge in [0.1, 0.15) is 0 Å². The molecule has 0 heterocycles. The largest absolute Gasteiger partial charge is 0.396 e. The van der Waals surface area contributed by atoms with E-state index < -0.39 is 0 Å². The van der Waals surface area contributed by atoms with Gasteiger partial charge < -0.3 is 10.4 Å². The van der Waals surface area contributed by atoms with Crippen LogP contribution in [0.4, 0.5) is 0 Å². The number of rotatable bonds is 4. The van der Waals surface area contributed by atoms with Crippen LogP contribution in [-0.4, -0.2) is 24.2 Å². The van der Waals surface area contributed by atoms with E-state index in [2.05, 4.69) is 5.32 Å². The van der Waals surface area contributed by atoms with Crippen LogP contribution in [0.3, 0.4) is 0 Å². The van der Waals surface area contributed by atoms with E-state index in [4.69, 9.17) is 11.6 Å². The van der Waals surface area contributed by atoms with Crippen LogP contribution in [-0.2, 0) is 0 Å². The van der Waals surface area contributed by atoms with Crippen LogP contribution in [0.15, 0.2) is 18.2 Å². The summed E-state index contributed by atoms with van der Waals surface area (Å²) in [7, 11) is 0. The highest BCUT2D eigenvalue weighted by Crippen LogP contribution is 2.29. The Labute approximate surface area is 125 Å². The van der Waals surface area contributed by atoms with E-state index in [1.54, 1.807) is 18.2 Å². The Hall–Kier alpha value is -1.06. The number of aliphatic hydroxyl groups is 1. The normalized spacial score (nSPS) is 22.6. The van der Waals surface area contributed by atoms with Gasteiger partial charge in [0.15, 0.2) is 0 Å². The lowest BCUT2D eigenvalue weighted by atomic mass is 9.79. The van der Waals surface area contributed by atoms with Crippen LogP contribution >= 0.6 is 11.6 Å². The highest BCUT2D eigenvalue weighted by Gasteiger charge is 2.24. The highest BCUT2D eigenvalue weighted by atomic mass is 35.5. The molecule has 0 saturated heterocycles. The third-order valence-corrected chi connectivity index (χ3v) is 4.49.